The van der Waals surface area contributed by atoms with E-state index in [0.29, 0.717) is 17.1 Å². The van der Waals surface area contributed by atoms with Crippen LogP contribution in [0, 0.1) is 19.7 Å². The van der Waals surface area contributed by atoms with E-state index >= 15 is 0 Å². The molecule has 0 amide bonds. The van der Waals surface area contributed by atoms with Crippen molar-refractivity contribution in [2.75, 3.05) is 11.9 Å². The van der Waals surface area contributed by atoms with Gasteiger partial charge in [0, 0.05) is 15.5 Å². The van der Waals surface area contributed by atoms with Crippen molar-refractivity contribution in [2.24, 2.45) is 0 Å². The molecule has 2 heterocycles. The van der Waals surface area contributed by atoms with E-state index in [2.05, 4.69) is 11.2 Å². The Kier molecular flexibility index (Phi) is 4.15. The molecule has 0 bridgehead atoms. The van der Waals surface area contributed by atoms with Crippen molar-refractivity contribution in [3.8, 4) is 22.7 Å². The number of benzene rings is 2. The molecule has 0 saturated carbocycles. The number of hydrogen-bond donors (Lipinski definition) is 1. The number of aromatic nitrogens is 2. The van der Waals surface area contributed by atoms with Crippen molar-refractivity contribution in [3.05, 3.63) is 79.4 Å². The molecule has 1 aliphatic heterocycles. The number of anilines is 1. The maximum Gasteiger partial charge on any atom is 2.00 e. The monoisotopic (exact) mass is 528 g/mol. The van der Waals surface area contributed by atoms with Gasteiger partial charge in [0.15, 0.2) is 0 Å². The number of rotatable bonds is 3. The van der Waals surface area contributed by atoms with E-state index in [-0.39, 0.29) is 26.8 Å². The first-order valence-electron chi connectivity index (χ1n) is 9.31. The van der Waals surface area contributed by atoms with Gasteiger partial charge in [0.25, 0.3) is 0 Å². The number of aryl methyl sites for hydroxylation is 1. The Morgan fingerprint density at radius 3 is 2.77 bits per heavy atom. The molecule has 0 aliphatic carbocycles. The first kappa shape index (κ1) is 14.6. The molecular weight excluding hydrogens is 507 g/mol. The van der Waals surface area contributed by atoms with Crippen LogP contribution in [-0.2, 0) is 21.1 Å². The molecule has 0 saturated heterocycles. The largest absolute Gasteiger partial charge is 2.00 e. The quantitative estimate of drug-likeness (QED) is 0.527. The van der Waals surface area contributed by atoms with Crippen molar-refractivity contribution >= 4 is 5.69 Å². The van der Waals surface area contributed by atoms with Gasteiger partial charge in [0.1, 0.15) is 11.4 Å². The zero-order valence-corrected chi connectivity index (χ0v) is 16.2. The normalized spacial score (nSPS) is 15.3. The van der Waals surface area contributed by atoms with E-state index in [1.165, 1.54) is 17.8 Å². The van der Waals surface area contributed by atoms with Crippen LogP contribution in [0.3, 0.4) is 0 Å². The Balaban J connectivity index is 0.00000240. The van der Waals surface area contributed by atoms with Crippen molar-refractivity contribution in [2.45, 2.75) is 6.92 Å². The maximum absolute atomic E-state index is 10.1. The molecule has 1 N–H and O–H groups in total. The average molecular weight is 528 g/mol. The molecule has 4 rings (SSSR count). The summed E-state index contributed by atoms with van der Waals surface area (Å²) in [7, 11) is 0. The second kappa shape index (κ2) is 7.38. The molecule has 3 aromatic rings. The molecule has 5 nitrogen and oxygen atoms in total. The third kappa shape index (κ3) is 3.40. The summed E-state index contributed by atoms with van der Waals surface area (Å²) in [6.07, 6.45) is 3.18. The van der Waals surface area contributed by atoms with Crippen molar-refractivity contribution in [1.29, 1.82) is 0 Å². The van der Waals surface area contributed by atoms with Gasteiger partial charge in [-0.05, 0) is 38.4 Å². The molecule has 0 radical (unpaired) electrons. The van der Waals surface area contributed by atoms with E-state index < -0.39 is 6.98 Å². The number of aromatic hydroxyl groups is 1. The van der Waals surface area contributed by atoms with E-state index in [1.54, 1.807) is 34.0 Å². The van der Waals surface area contributed by atoms with Crippen molar-refractivity contribution in [3.63, 3.8) is 0 Å². The number of para-hydroxylation sites is 2. The fraction of sp³-hybridized carbons (Fsp3) is 0.100. The number of nitrogens with zero attached hydrogens (tertiary/aromatic N) is 4. The van der Waals surface area contributed by atoms with Gasteiger partial charge in [-0.15, -0.1) is 29.8 Å². The van der Waals surface area contributed by atoms with Crippen LogP contribution < -0.4 is 4.90 Å². The Hall–Kier alpha value is -2.52. The fourth-order valence-electron chi connectivity index (χ4n) is 2.75. The minimum absolute atomic E-state index is 0. The molecule has 2 aromatic carbocycles. The topological polar surface area (TPSA) is 44.5 Å². The Morgan fingerprint density at radius 1 is 1.15 bits per heavy atom. The fourth-order valence-corrected chi connectivity index (χ4v) is 2.75. The van der Waals surface area contributed by atoms with Gasteiger partial charge in [0.2, 0.25) is 0 Å². The summed E-state index contributed by atoms with van der Waals surface area (Å²) >= 11 is 0. The van der Waals surface area contributed by atoms with Crippen LogP contribution >= 0.6 is 0 Å². The van der Waals surface area contributed by atoms with Gasteiger partial charge in [-0.2, -0.15) is 6.67 Å². The summed E-state index contributed by atoms with van der Waals surface area (Å²) < 4.78 is 24.2. The van der Waals surface area contributed by atoms with Crippen molar-refractivity contribution < 1.29 is 30.3 Å². The molecule has 6 heteroatoms. The van der Waals surface area contributed by atoms with Crippen LogP contribution in [0.2, 0.25) is 0 Å². The van der Waals surface area contributed by atoms with Crippen molar-refractivity contribution in [1.82, 2.24) is 14.7 Å². The average Bonchev–Trinajstić information content (AvgIpc) is 3.29. The minimum Gasteiger partial charge on any atom is -0.510 e. The number of hydrogen-bond acceptors (Lipinski definition) is 4. The van der Waals surface area contributed by atoms with Gasteiger partial charge >= 0.3 is 21.1 Å². The first-order valence-corrected chi connectivity index (χ1v) is 7.81. The van der Waals surface area contributed by atoms with Crippen LogP contribution in [0.15, 0.2) is 60.9 Å². The predicted octanol–water partition coefficient (Wildman–Crippen LogP) is 3.69. The summed E-state index contributed by atoms with van der Waals surface area (Å²) in [5.74, 6) is 0.152. The molecule has 0 atom stereocenters. The first-order chi connectivity index (χ1) is 13.3. The van der Waals surface area contributed by atoms with E-state index in [1.807, 2.05) is 37.3 Å². The van der Waals surface area contributed by atoms with Crippen LogP contribution in [0.1, 0.15) is 9.81 Å². The zero-order valence-electron chi connectivity index (χ0n) is 16.9. The molecule has 134 valence electrons. The molecule has 0 spiro atoms. The minimum atomic E-state index is -2.23. The van der Waals surface area contributed by atoms with Gasteiger partial charge in [-0.3, -0.25) is 0 Å². The van der Waals surface area contributed by atoms with Crippen LogP contribution in [0.4, 0.5) is 5.69 Å². The van der Waals surface area contributed by atoms with Crippen LogP contribution in [0.5, 0.6) is 5.75 Å². The molecule has 0 unspecified atom stereocenters. The summed E-state index contributed by atoms with van der Waals surface area (Å²) in [6.45, 7) is 1.20. The molecule has 1 aromatic heterocycles. The zero-order chi connectivity index (χ0) is 19.9. The molecule has 1 aliphatic rings. The SMILES string of the molecule is [2H]C([2H])([2H])N1C=CN(c2[c-]c(-c3cc(C)n(-c4ccccc4O)n3)ccc2)[CH-]1.[Pt+2]. The number of phenols is 1. The van der Waals surface area contributed by atoms with Crippen LogP contribution in [-0.4, -0.2) is 26.8 Å². The van der Waals surface area contributed by atoms with E-state index in [4.69, 9.17) is 4.11 Å². The van der Waals surface area contributed by atoms with Crippen LogP contribution in [0.25, 0.3) is 16.9 Å². The summed E-state index contributed by atoms with van der Waals surface area (Å²) in [6, 6.07) is 17.8. The van der Waals surface area contributed by atoms with Gasteiger partial charge < -0.3 is 14.9 Å². The Morgan fingerprint density at radius 2 is 2.00 bits per heavy atom. The summed E-state index contributed by atoms with van der Waals surface area (Å²) in [4.78, 5) is 2.87. The standard InChI is InChI=1S/C20H18N4O.Pt/c1-15-12-18(21-24(15)19-8-3-4-9-20(19)25)16-6-5-7-17(13-16)23-11-10-22(2)14-23;/h3-12,14,25H,1-2H3;/q-2;+2/i2D3;. The third-order valence-corrected chi connectivity index (χ3v) is 3.97. The van der Waals surface area contributed by atoms with Gasteiger partial charge in [-0.25, -0.2) is 9.78 Å². The van der Waals surface area contributed by atoms with E-state index in [0.717, 1.165) is 11.3 Å². The molecule has 26 heavy (non-hydrogen) atoms. The molecule has 0 fully saturated rings. The second-order valence-electron chi connectivity index (χ2n) is 5.75. The maximum atomic E-state index is 10.1. The number of phenolic OH excluding ortho intramolecular Hbond substituents is 1. The van der Waals surface area contributed by atoms with Gasteiger partial charge in [-0.1, -0.05) is 23.9 Å². The third-order valence-electron chi connectivity index (χ3n) is 3.97. The van der Waals surface area contributed by atoms with Gasteiger partial charge in [0.05, 0.1) is 0 Å². The van der Waals surface area contributed by atoms with E-state index in [9.17, 15) is 5.11 Å². The Labute approximate surface area is 171 Å². The Bertz CT molecular complexity index is 1050. The predicted molar refractivity (Wildman–Crippen MR) is 97.9 cm³/mol. The smallest absolute Gasteiger partial charge is 0.510 e. The summed E-state index contributed by atoms with van der Waals surface area (Å²) in [5, 5.41) is 14.7. The second-order valence-corrected chi connectivity index (χ2v) is 5.75. The summed E-state index contributed by atoms with van der Waals surface area (Å²) in [5.41, 5.74) is 3.65. The molecular formula is C20H18N4OPt.